The molecule has 0 unspecified atom stereocenters. The van der Waals surface area contributed by atoms with Gasteiger partial charge in [0, 0.05) is 34.8 Å². The standard InChI is InChI=1S/C42H39N3O4S/c1-6-49-41(47)37-38(29-17-11-8-12-18-29)43-42-45(39(37)33-23-32(26(2)3)35(48-5)21-27(33)4)40(46)36(50-42)22-30-25-44(24-28-15-9-7-10-16-28)34-20-14-13-19-31(30)34/h7-23,25-26,39H,6,24H2,1-5H3/b36-22-/t39-/m0/s1. The summed E-state index contributed by atoms with van der Waals surface area (Å²) in [5.41, 5.74) is 7.32. The fourth-order valence-corrected chi connectivity index (χ4v) is 7.81. The Kier molecular flexibility index (Phi) is 9.12. The molecule has 4 aromatic carbocycles. The SMILES string of the molecule is CCOC(=O)C1=C(c2ccccc2)N=c2s/c(=C\c3cn(Cc4ccccc4)c4ccccc34)c(=O)n2[C@H]1c1cc(C(C)C)c(OC)cc1C. The number of aromatic nitrogens is 2. The number of para-hydroxylation sites is 1. The van der Waals surface area contributed by atoms with Crippen LogP contribution in [0.1, 0.15) is 66.1 Å². The normalized spacial score (nSPS) is 14.6. The van der Waals surface area contributed by atoms with Crippen LogP contribution in [0.5, 0.6) is 5.75 Å². The van der Waals surface area contributed by atoms with Crippen LogP contribution in [0, 0.1) is 6.92 Å². The van der Waals surface area contributed by atoms with Crippen LogP contribution in [-0.4, -0.2) is 28.8 Å². The molecule has 0 aliphatic carbocycles. The number of aryl methyl sites for hydroxylation is 1. The molecule has 0 spiro atoms. The highest BCUT2D eigenvalue weighted by atomic mass is 32.1. The van der Waals surface area contributed by atoms with Crippen LogP contribution in [0.4, 0.5) is 0 Å². The maximum Gasteiger partial charge on any atom is 0.338 e. The maximum atomic E-state index is 14.7. The summed E-state index contributed by atoms with van der Waals surface area (Å²) in [7, 11) is 1.66. The largest absolute Gasteiger partial charge is 0.496 e. The number of hydrogen-bond donors (Lipinski definition) is 0. The third kappa shape index (κ3) is 6.00. The predicted octanol–water partition coefficient (Wildman–Crippen LogP) is 7.38. The molecule has 8 heteroatoms. The van der Waals surface area contributed by atoms with Crippen molar-refractivity contribution in [2.45, 2.75) is 46.2 Å². The smallest absolute Gasteiger partial charge is 0.338 e. The number of fused-ring (bicyclic) bond motifs is 2. The molecule has 0 saturated heterocycles. The van der Waals surface area contributed by atoms with E-state index in [1.165, 1.54) is 16.9 Å². The zero-order valence-electron chi connectivity index (χ0n) is 28.8. The van der Waals surface area contributed by atoms with Crippen LogP contribution in [0.25, 0.3) is 22.7 Å². The molecule has 0 fully saturated rings. The van der Waals surface area contributed by atoms with Gasteiger partial charge < -0.3 is 14.0 Å². The van der Waals surface area contributed by atoms with Crippen LogP contribution < -0.4 is 19.6 Å². The Bertz CT molecular complexity index is 2440. The highest BCUT2D eigenvalue weighted by Crippen LogP contribution is 2.40. The molecule has 0 saturated carbocycles. The molecule has 0 bridgehead atoms. The van der Waals surface area contributed by atoms with E-state index in [1.807, 2.05) is 79.7 Å². The quantitative estimate of drug-likeness (QED) is 0.149. The van der Waals surface area contributed by atoms with Gasteiger partial charge in [0.15, 0.2) is 4.80 Å². The summed E-state index contributed by atoms with van der Waals surface area (Å²) in [5, 5.41) is 1.05. The van der Waals surface area contributed by atoms with E-state index in [0.29, 0.717) is 27.1 Å². The van der Waals surface area contributed by atoms with E-state index in [2.05, 4.69) is 54.9 Å². The summed E-state index contributed by atoms with van der Waals surface area (Å²) in [6.45, 7) is 8.88. The lowest BCUT2D eigenvalue weighted by Crippen LogP contribution is -2.40. The average molecular weight is 682 g/mol. The summed E-state index contributed by atoms with van der Waals surface area (Å²) in [6, 6.07) is 31.5. The molecule has 6 aromatic rings. The fraction of sp³-hybridized carbons (Fsp3) is 0.214. The second-order valence-electron chi connectivity index (χ2n) is 12.8. The maximum absolute atomic E-state index is 14.7. The first-order chi connectivity index (χ1) is 24.3. The average Bonchev–Trinajstić information content (AvgIpc) is 3.63. The molecule has 0 amide bonds. The minimum atomic E-state index is -0.773. The van der Waals surface area contributed by atoms with E-state index < -0.39 is 12.0 Å². The lowest BCUT2D eigenvalue weighted by molar-refractivity contribution is -0.138. The predicted molar refractivity (Wildman–Crippen MR) is 200 cm³/mol. The zero-order chi connectivity index (χ0) is 34.9. The van der Waals surface area contributed by atoms with Crippen LogP contribution in [0.3, 0.4) is 0 Å². The first kappa shape index (κ1) is 33.0. The van der Waals surface area contributed by atoms with E-state index in [9.17, 15) is 9.59 Å². The molecule has 0 N–H and O–H groups in total. The third-order valence-corrected chi connectivity index (χ3v) is 10.2. The Morgan fingerprint density at radius 3 is 2.38 bits per heavy atom. The van der Waals surface area contributed by atoms with Crippen molar-refractivity contribution in [3.63, 3.8) is 0 Å². The van der Waals surface area contributed by atoms with Gasteiger partial charge in [-0.1, -0.05) is 104 Å². The van der Waals surface area contributed by atoms with Gasteiger partial charge in [0.1, 0.15) is 5.75 Å². The Morgan fingerprint density at radius 1 is 0.980 bits per heavy atom. The van der Waals surface area contributed by atoms with Crippen molar-refractivity contribution in [2.24, 2.45) is 4.99 Å². The molecule has 7 nitrogen and oxygen atoms in total. The van der Waals surface area contributed by atoms with Crippen molar-refractivity contribution in [2.75, 3.05) is 13.7 Å². The molecule has 7 rings (SSSR count). The second kappa shape index (κ2) is 13.8. The van der Waals surface area contributed by atoms with E-state index in [-0.39, 0.29) is 18.1 Å². The number of rotatable bonds is 9. The Morgan fingerprint density at radius 2 is 1.68 bits per heavy atom. The zero-order valence-corrected chi connectivity index (χ0v) is 29.7. The number of thiazole rings is 1. The summed E-state index contributed by atoms with van der Waals surface area (Å²) < 4.78 is 15.9. The summed E-state index contributed by atoms with van der Waals surface area (Å²) >= 11 is 1.33. The highest BCUT2D eigenvalue weighted by molar-refractivity contribution is 7.07. The van der Waals surface area contributed by atoms with E-state index in [0.717, 1.165) is 44.5 Å². The molecule has 0 radical (unpaired) electrons. The summed E-state index contributed by atoms with van der Waals surface area (Å²) in [4.78, 5) is 34.4. The number of nitrogens with zero attached hydrogens (tertiary/aromatic N) is 3. The van der Waals surface area contributed by atoms with Gasteiger partial charge in [0.2, 0.25) is 0 Å². The van der Waals surface area contributed by atoms with Gasteiger partial charge >= 0.3 is 5.97 Å². The fourth-order valence-electron chi connectivity index (χ4n) is 6.82. The van der Waals surface area contributed by atoms with Gasteiger partial charge in [-0.2, -0.15) is 0 Å². The lowest BCUT2D eigenvalue weighted by atomic mass is 9.87. The molecule has 1 aliphatic heterocycles. The Balaban J connectivity index is 1.50. The Labute approximate surface area is 295 Å². The van der Waals surface area contributed by atoms with Crippen molar-refractivity contribution < 1.29 is 14.3 Å². The number of hydrogen-bond acceptors (Lipinski definition) is 6. The number of esters is 1. The summed E-state index contributed by atoms with van der Waals surface area (Å²) in [6.07, 6.45) is 4.07. The van der Waals surface area contributed by atoms with Crippen molar-refractivity contribution in [3.05, 3.63) is 162 Å². The molecular formula is C42H39N3O4S. The van der Waals surface area contributed by atoms with Crippen molar-refractivity contribution in [3.8, 4) is 5.75 Å². The molecule has 3 heterocycles. The van der Waals surface area contributed by atoms with Crippen LogP contribution in [0.2, 0.25) is 0 Å². The third-order valence-electron chi connectivity index (χ3n) is 9.21. The van der Waals surface area contributed by atoms with Crippen molar-refractivity contribution in [1.29, 1.82) is 0 Å². The molecule has 1 atom stereocenters. The van der Waals surface area contributed by atoms with Gasteiger partial charge in [-0.25, -0.2) is 9.79 Å². The number of methoxy groups -OCH3 is 1. The molecular weight excluding hydrogens is 643 g/mol. The highest BCUT2D eigenvalue weighted by Gasteiger charge is 2.36. The summed E-state index contributed by atoms with van der Waals surface area (Å²) in [5.74, 6) is 0.405. The van der Waals surface area contributed by atoms with Crippen molar-refractivity contribution in [1.82, 2.24) is 9.13 Å². The van der Waals surface area contributed by atoms with Gasteiger partial charge in [-0.15, -0.1) is 0 Å². The minimum absolute atomic E-state index is 0.136. The van der Waals surface area contributed by atoms with Gasteiger partial charge in [0.05, 0.1) is 35.6 Å². The first-order valence-electron chi connectivity index (χ1n) is 16.9. The molecule has 50 heavy (non-hydrogen) atoms. The molecule has 252 valence electrons. The molecule has 1 aliphatic rings. The number of benzene rings is 4. The van der Waals surface area contributed by atoms with E-state index in [1.54, 1.807) is 18.6 Å². The lowest BCUT2D eigenvalue weighted by Gasteiger charge is -2.28. The number of ether oxygens (including phenoxy) is 2. The second-order valence-corrected chi connectivity index (χ2v) is 13.8. The first-order valence-corrected chi connectivity index (χ1v) is 17.7. The van der Waals surface area contributed by atoms with Crippen LogP contribution in [0.15, 0.2) is 119 Å². The van der Waals surface area contributed by atoms with Gasteiger partial charge in [-0.3, -0.25) is 9.36 Å². The monoisotopic (exact) mass is 681 g/mol. The molecule has 2 aromatic heterocycles. The van der Waals surface area contributed by atoms with Crippen LogP contribution >= 0.6 is 11.3 Å². The minimum Gasteiger partial charge on any atom is -0.496 e. The number of carbonyl (C=O) groups is 1. The Hall–Kier alpha value is -5.47. The van der Waals surface area contributed by atoms with Crippen LogP contribution in [-0.2, 0) is 16.1 Å². The van der Waals surface area contributed by atoms with E-state index >= 15 is 0 Å². The van der Waals surface area contributed by atoms with E-state index in [4.69, 9.17) is 14.5 Å². The van der Waals surface area contributed by atoms with Gasteiger partial charge in [0.25, 0.3) is 5.56 Å². The number of carbonyl (C=O) groups excluding carboxylic acids is 1. The van der Waals surface area contributed by atoms with Crippen molar-refractivity contribution >= 4 is 40.0 Å². The topological polar surface area (TPSA) is 74.8 Å². The van der Waals surface area contributed by atoms with Gasteiger partial charge in [-0.05, 0) is 66.3 Å².